The van der Waals surface area contributed by atoms with Crippen LogP contribution in [0.3, 0.4) is 0 Å². The van der Waals surface area contributed by atoms with Gasteiger partial charge in [-0.3, -0.25) is 14.6 Å². The molecule has 3 aromatic rings. The van der Waals surface area contributed by atoms with Gasteiger partial charge in [-0.1, -0.05) is 18.2 Å². The van der Waals surface area contributed by atoms with Crippen LogP contribution in [0, 0.1) is 11.6 Å². The molecule has 1 heterocycles. The lowest BCUT2D eigenvalue weighted by atomic mass is 10.2. The van der Waals surface area contributed by atoms with Crippen LogP contribution in [0.25, 0.3) is 0 Å². The van der Waals surface area contributed by atoms with E-state index in [0.29, 0.717) is 24.1 Å². The fourth-order valence-electron chi connectivity index (χ4n) is 2.63. The summed E-state index contributed by atoms with van der Waals surface area (Å²) >= 11 is 0. The van der Waals surface area contributed by atoms with Crippen LogP contribution in [0.1, 0.15) is 28.8 Å². The SMILES string of the molecule is O=C(CCCNC(=O)c1cccnc1)OCc1ccc(Oc2ccccc2F)c(F)c1. The fourth-order valence-corrected chi connectivity index (χ4v) is 2.63. The summed E-state index contributed by atoms with van der Waals surface area (Å²) in [6.45, 7) is 0.192. The second-order valence-corrected chi connectivity index (χ2v) is 6.56. The number of hydrogen-bond acceptors (Lipinski definition) is 5. The van der Waals surface area contributed by atoms with Gasteiger partial charge in [-0.05, 0) is 48.4 Å². The second kappa shape index (κ2) is 10.8. The van der Waals surface area contributed by atoms with E-state index in [4.69, 9.17) is 9.47 Å². The van der Waals surface area contributed by atoms with Crippen LogP contribution in [-0.4, -0.2) is 23.4 Å². The lowest BCUT2D eigenvalue weighted by molar-refractivity contribution is -0.145. The third-order valence-corrected chi connectivity index (χ3v) is 4.22. The van der Waals surface area contributed by atoms with Gasteiger partial charge in [-0.25, -0.2) is 8.78 Å². The molecule has 3 rings (SSSR count). The Hall–Kier alpha value is -3.81. The van der Waals surface area contributed by atoms with Gasteiger partial charge in [0, 0.05) is 25.4 Å². The minimum Gasteiger partial charge on any atom is -0.461 e. The number of para-hydroxylation sites is 1. The van der Waals surface area contributed by atoms with E-state index in [9.17, 15) is 18.4 Å². The average molecular weight is 426 g/mol. The first kappa shape index (κ1) is 21.9. The molecule has 0 spiro atoms. The predicted octanol–water partition coefficient (Wildman–Crippen LogP) is 4.41. The molecule has 1 amide bonds. The Kier molecular flexibility index (Phi) is 7.64. The number of aromatic nitrogens is 1. The smallest absolute Gasteiger partial charge is 0.306 e. The van der Waals surface area contributed by atoms with Crippen molar-refractivity contribution in [3.05, 3.63) is 89.8 Å². The van der Waals surface area contributed by atoms with Gasteiger partial charge in [0.15, 0.2) is 23.1 Å². The zero-order valence-electron chi connectivity index (χ0n) is 16.5. The molecule has 160 valence electrons. The van der Waals surface area contributed by atoms with Crippen LogP contribution in [0.5, 0.6) is 11.5 Å². The molecular formula is C23H20F2N2O4. The number of amides is 1. The number of esters is 1. The van der Waals surface area contributed by atoms with Gasteiger partial charge >= 0.3 is 5.97 Å². The molecule has 6 nitrogen and oxygen atoms in total. The number of ether oxygens (including phenoxy) is 2. The highest BCUT2D eigenvalue weighted by Gasteiger charge is 2.11. The number of halogens is 2. The van der Waals surface area contributed by atoms with E-state index in [1.54, 1.807) is 24.4 Å². The number of pyridine rings is 1. The Bertz CT molecular complexity index is 1040. The van der Waals surface area contributed by atoms with E-state index in [-0.39, 0.29) is 30.4 Å². The van der Waals surface area contributed by atoms with Crippen molar-refractivity contribution in [1.82, 2.24) is 10.3 Å². The highest BCUT2D eigenvalue weighted by molar-refractivity contribution is 5.93. The normalized spacial score (nSPS) is 10.4. The zero-order valence-corrected chi connectivity index (χ0v) is 16.5. The summed E-state index contributed by atoms with van der Waals surface area (Å²) in [6, 6.07) is 13.0. The molecule has 0 saturated carbocycles. The maximum absolute atomic E-state index is 14.2. The summed E-state index contributed by atoms with van der Waals surface area (Å²) in [6.07, 6.45) is 3.52. The Balaban J connectivity index is 1.40. The molecule has 0 bridgehead atoms. The van der Waals surface area contributed by atoms with Gasteiger partial charge in [0.1, 0.15) is 6.61 Å². The predicted molar refractivity (Wildman–Crippen MR) is 108 cm³/mol. The van der Waals surface area contributed by atoms with Crippen LogP contribution in [0.4, 0.5) is 8.78 Å². The minimum atomic E-state index is -0.699. The number of nitrogens with zero attached hydrogens (tertiary/aromatic N) is 1. The summed E-state index contributed by atoms with van der Waals surface area (Å²) < 4.78 is 38.2. The molecule has 0 fully saturated rings. The molecular weight excluding hydrogens is 406 g/mol. The van der Waals surface area contributed by atoms with Gasteiger partial charge in [-0.2, -0.15) is 0 Å². The van der Waals surface area contributed by atoms with Crippen molar-refractivity contribution >= 4 is 11.9 Å². The van der Waals surface area contributed by atoms with Crippen LogP contribution in [0.15, 0.2) is 67.0 Å². The molecule has 2 aromatic carbocycles. The Morgan fingerprint density at radius 1 is 0.968 bits per heavy atom. The first-order valence-electron chi connectivity index (χ1n) is 9.57. The third-order valence-electron chi connectivity index (χ3n) is 4.22. The molecule has 0 atom stereocenters. The van der Waals surface area contributed by atoms with Gasteiger partial charge in [0.05, 0.1) is 5.56 Å². The van der Waals surface area contributed by atoms with Crippen molar-refractivity contribution in [3.63, 3.8) is 0 Å². The lowest BCUT2D eigenvalue weighted by Gasteiger charge is -2.10. The quantitative estimate of drug-likeness (QED) is 0.405. The number of benzene rings is 2. The number of carbonyl (C=O) groups is 2. The second-order valence-electron chi connectivity index (χ2n) is 6.56. The largest absolute Gasteiger partial charge is 0.461 e. The summed E-state index contributed by atoms with van der Waals surface area (Å²) in [5.41, 5.74) is 0.867. The molecule has 0 aliphatic rings. The van der Waals surface area contributed by atoms with Gasteiger partial charge in [0.2, 0.25) is 0 Å². The van der Waals surface area contributed by atoms with Crippen LogP contribution < -0.4 is 10.1 Å². The third kappa shape index (κ3) is 6.60. The number of nitrogens with one attached hydrogen (secondary N) is 1. The van der Waals surface area contributed by atoms with Gasteiger partial charge in [-0.15, -0.1) is 0 Å². The van der Waals surface area contributed by atoms with Crippen molar-refractivity contribution in [2.75, 3.05) is 6.54 Å². The fraction of sp³-hybridized carbons (Fsp3) is 0.174. The molecule has 1 aromatic heterocycles. The van der Waals surface area contributed by atoms with Gasteiger partial charge in [0.25, 0.3) is 5.91 Å². The molecule has 0 aliphatic heterocycles. The monoisotopic (exact) mass is 426 g/mol. The first-order valence-corrected chi connectivity index (χ1v) is 9.57. The van der Waals surface area contributed by atoms with Crippen molar-refractivity contribution in [1.29, 1.82) is 0 Å². The van der Waals surface area contributed by atoms with Crippen molar-refractivity contribution in [2.45, 2.75) is 19.4 Å². The zero-order chi connectivity index (χ0) is 22.1. The van der Waals surface area contributed by atoms with Crippen molar-refractivity contribution < 1.29 is 27.8 Å². The van der Waals surface area contributed by atoms with Crippen LogP contribution in [0.2, 0.25) is 0 Å². The Morgan fingerprint density at radius 2 is 1.77 bits per heavy atom. The molecule has 31 heavy (non-hydrogen) atoms. The molecule has 0 radical (unpaired) electrons. The summed E-state index contributed by atoms with van der Waals surface area (Å²) in [5.74, 6) is -2.26. The van der Waals surface area contributed by atoms with Gasteiger partial charge < -0.3 is 14.8 Å². The highest BCUT2D eigenvalue weighted by atomic mass is 19.1. The van der Waals surface area contributed by atoms with Crippen molar-refractivity contribution in [2.24, 2.45) is 0 Å². The van der Waals surface area contributed by atoms with E-state index >= 15 is 0 Å². The maximum Gasteiger partial charge on any atom is 0.306 e. The van der Waals surface area contributed by atoms with Crippen molar-refractivity contribution in [3.8, 4) is 11.5 Å². The topological polar surface area (TPSA) is 77.5 Å². The van der Waals surface area contributed by atoms with E-state index in [0.717, 1.165) is 6.07 Å². The molecule has 8 heteroatoms. The maximum atomic E-state index is 14.2. The average Bonchev–Trinajstić information content (AvgIpc) is 2.78. The number of hydrogen-bond donors (Lipinski definition) is 1. The standard InChI is InChI=1S/C23H20F2N2O4/c24-18-6-1-2-7-20(18)31-21-10-9-16(13-19(21)25)15-30-22(28)8-4-12-27-23(29)17-5-3-11-26-14-17/h1-3,5-7,9-11,13-14H,4,8,12,15H2,(H,27,29). The molecule has 0 unspecified atom stereocenters. The molecule has 0 aliphatic carbocycles. The van der Waals surface area contributed by atoms with E-state index in [1.165, 1.54) is 36.5 Å². The number of rotatable bonds is 9. The van der Waals surface area contributed by atoms with Crippen LogP contribution >= 0.6 is 0 Å². The summed E-state index contributed by atoms with van der Waals surface area (Å²) in [7, 11) is 0. The molecule has 1 N–H and O–H groups in total. The number of carbonyl (C=O) groups excluding carboxylic acids is 2. The van der Waals surface area contributed by atoms with E-state index < -0.39 is 17.6 Å². The Morgan fingerprint density at radius 3 is 2.52 bits per heavy atom. The lowest BCUT2D eigenvalue weighted by Crippen LogP contribution is -2.25. The summed E-state index contributed by atoms with van der Waals surface area (Å²) in [5, 5.41) is 2.69. The van der Waals surface area contributed by atoms with E-state index in [2.05, 4.69) is 10.3 Å². The van der Waals surface area contributed by atoms with E-state index in [1.807, 2.05) is 0 Å². The molecule has 0 saturated heterocycles. The minimum absolute atomic E-state index is 0.0869. The summed E-state index contributed by atoms with van der Waals surface area (Å²) in [4.78, 5) is 27.6. The Labute approximate surface area is 177 Å². The highest BCUT2D eigenvalue weighted by Crippen LogP contribution is 2.27. The first-order chi connectivity index (χ1) is 15.0. The van der Waals surface area contributed by atoms with Crippen LogP contribution in [-0.2, 0) is 16.1 Å².